The van der Waals surface area contributed by atoms with Crippen LogP contribution in [-0.4, -0.2) is 19.0 Å². The Labute approximate surface area is 136 Å². The van der Waals surface area contributed by atoms with Crippen LogP contribution in [0.1, 0.15) is 23.6 Å². The van der Waals surface area contributed by atoms with Crippen LogP contribution in [-0.2, 0) is 16.3 Å². The largest absolute Gasteiger partial charge is 0.508 e. The lowest BCUT2D eigenvalue weighted by atomic mass is 10.1. The van der Waals surface area contributed by atoms with Gasteiger partial charge in [0.2, 0.25) is 0 Å². The van der Waals surface area contributed by atoms with Crippen LogP contribution < -0.4 is 5.32 Å². The molecular formula is C16H14F3NO3S. The molecule has 0 amide bonds. The highest BCUT2D eigenvalue weighted by Crippen LogP contribution is 2.40. The van der Waals surface area contributed by atoms with Crippen LogP contribution in [0.2, 0.25) is 0 Å². The van der Waals surface area contributed by atoms with Gasteiger partial charge in [-0.2, -0.15) is 13.2 Å². The van der Waals surface area contributed by atoms with E-state index in [1.165, 1.54) is 18.2 Å². The number of benzene rings is 2. The van der Waals surface area contributed by atoms with Crippen LogP contribution in [0.5, 0.6) is 5.75 Å². The summed E-state index contributed by atoms with van der Waals surface area (Å²) in [4.78, 5) is -0.800. The first-order valence-electron chi connectivity index (χ1n) is 7.19. The second kappa shape index (κ2) is 5.70. The summed E-state index contributed by atoms with van der Waals surface area (Å²) in [7, 11) is -5.45. The zero-order valence-corrected chi connectivity index (χ0v) is 13.2. The highest BCUT2D eigenvalue weighted by molar-refractivity contribution is 7.92. The van der Waals surface area contributed by atoms with Crippen molar-refractivity contribution in [2.45, 2.75) is 29.3 Å². The number of phenols is 1. The Balaban J connectivity index is 1.99. The van der Waals surface area contributed by atoms with E-state index >= 15 is 0 Å². The lowest BCUT2D eigenvalue weighted by Crippen LogP contribution is -2.24. The molecule has 0 unspecified atom stereocenters. The average Bonchev–Trinajstić information content (AvgIpc) is 2.91. The van der Waals surface area contributed by atoms with Gasteiger partial charge in [0.05, 0.1) is 16.6 Å². The minimum atomic E-state index is -5.45. The summed E-state index contributed by atoms with van der Waals surface area (Å²) in [6.45, 7) is 0. The third-order valence-electron chi connectivity index (χ3n) is 4.06. The third kappa shape index (κ3) is 2.71. The predicted octanol–water partition coefficient (Wildman–Crippen LogP) is 3.79. The van der Waals surface area contributed by atoms with Crippen molar-refractivity contribution >= 4 is 15.5 Å². The molecule has 2 aromatic carbocycles. The van der Waals surface area contributed by atoms with Crippen molar-refractivity contribution < 1.29 is 26.7 Å². The lowest BCUT2D eigenvalue weighted by molar-refractivity contribution is -0.0435. The summed E-state index contributed by atoms with van der Waals surface area (Å²) >= 11 is 0. The first-order chi connectivity index (χ1) is 11.2. The molecule has 0 aromatic heterocycles. The van der Waals surface area contributed by atoms with Crippen LogP contribution in [0.15, 0.2) is 47.4 Å². The SMILES string of the molecule is O=S(=O)(c1ccccc1N[C@H]1CCc2c(O)cccc21)C(F)(F)F. The van der Waals surface area contributed by atoms with Crippen LogP contribution >= 0.6 is 0 Å². The lowest BCUT2D eigenvalue weighted by Gasteiger charge is -2.19. The number of halogens is 3. The Morgan fingerprint density at radius 1 is 1.08 bits per heavy atom. The fraction of sp³-hybridized carbons (Fsp3) is 0.250. The molecule has 128 valence electrons. The van der Waals surface area contributed by atoms with Crippen LogP contribution in [0.25, 0.3) is 0 Å². The number of sulfone groups is 1. The Morgan fingerprint density at radius 2 is 1.79 bits per heavy atom. The second-order valence-corrected chi connectivity index (χ2v) is 7.44. The van der Waals surface area contributed by atoms with Gasteiger partial charge in [-0.25, -0.2) is 8.42 Å². The number of aromatic hydroxyl groups is 1. The molecule has 4 nitrogen and oxygen atoms in total. The van der Waals surface area contributed by atoms with E-state index in [9.17, 15) is 26.7 Å². The van der Waals surface area contributed by atoms with Crippen molar-refractivity contribution in [2.24, 2.45) is 0 Å². The van der Waals surface area contributed by atoms with E-state index in [-0.39, 0.29) is 17.5 Å². The summed E-state index contributed by atoms with van der Waals surface area (Å²) in [5, 5.41) is 12.7. The minimum Gasteiger partial charge on any atom is -0.508 e. The number of hydrogen-bond acceptors (Lipinski definition) is 4. The van der Waals surface area contributed by atoms with Gasteiger partial charge in [-0.15, -0.1) is 0 Å². The van der Waals surface area contributed by atoms with Gasteiger partial charge in [0.25, 0.3) is 9.84 Å². The van der Waals surface area contributed by atoms with Gasteiger partial charge in [0, 0.05) is 0 Å². The van der Waals surface area contributed by atoms with Gasteiger partial charge in [-0.3, -0.25) is 0 Å². The van der Waals surface area contributed by atoms with Crippen molar-refractivity contribution in [3.05, 3.63) is 53.6 Å². The Hall–Kier alpha value is -2.22. The molecule has 0 heterocycles. The molecule has 3 rings (SSSR count). The van der Waals surface area contributed by atoms with Crippen LogP contribution in [0, 0.1) is 0 Å². The van der Waals surface area contributed by atoms with Crippen molar-refractivity contribution in [3.63, 3.8) is 0 Å². The van der Waals surface area contributed by atoms with E-state index in [2.05, 4.69) is 5.32 Å². The number of anilines is 1. The fourth-order valence-corrected chi connectivity index (χ4v) is 3.84. The van der Waals surface area contributed by atoms with Crippen molar-refractivity contribution in [2.75, 3.05) is 5.32 Å². The molecule has 24 heavy (non-hydrogen) atoms. The van der Waals surface area contributed by atoms with E-state index in [4.69, 9.17) is 0 Å². The number of phenolic OH excluding ortho intramolecular Hbond substituents is 1. The quantitative estimate of drug-likeness (QED) is 0.877. The van der Waals surface area contributed by atoms with Crippen LogP contribution in [0.3, 0.4) is 0 Å². The smallest absolute Gasteiger partial charge is 0.501 e. The Bertz CT molecular complexity index is 878. The highest BCUT2D eigenvalue weighted by Gasteiger charge is 2.48. The number of para-hydroxylation sites is 1. The number of nitrogens with one attached hydrogen (secondary N) is 1. The molecule has 0 aliphatic heterocycles. The summed E-state index contributed by atoms with van der Waals surface area (Å²) in [5.41, 5.74) is -3.98. The first kappa shape index (κ1) is 16.6. The number of rotatable bonds is 3. The molecule has 2 N–H and O–H groups in total. The maximum atomic E-state index is 12.9. The molecule has 2 aromatic rings. The van der Waals surface area contributed by atoms with Gasteiger partial charge in [-0.05, 0) is 42.2 Å². The zero-order chi connectivity index (χ0) is 17.5. The van der Waals surface area contributed by atoms with E-state index in [0.29, 0.717) is 12.8 Å². The summed E-state index contributed by atoms with van der Waals surface area (Å²) in [6, 6.07) is 9.55. The van der Waals surface area contributed by atoms with E-state index < -0.39 is 20.2 Å². The van der Waals surface area contributed by atoms with E-state index in [1.54, 1.807) is 18.2 Å². The molecule has 1 aliphatic carbocycles. The molecule has 0 fully saturated rings. The molecule has 1 aliphatic rings. The molecule has 1 atom stereocenters. The summed E-state index contributed by atoms with van der Waals surface area (Å²) < 4.78 is 62.1. The van der Waals surface area contributed by atoms with Gasteiger partial charge < -0.3 is 10.4 Å². The van der Waals surface area contributed by atoms with Crippen molar-refractivity contribution in [1.29, 1.82) is 0 Å². The fourth-order valence-electron chi connectivity index (χ4n) is 2.92. The normalized spacial score (nSPS) is 17.5. The Kier molecular flexibility index (Phi) is 3.95. The van der Waals surface area contributed by atoms with E-state index in [1.807, 2.05) is 0 Å². The topological polar surface area (TPSA) is 66.4 Å². The van der Waals surface area contributed by atoms with E-state index in [0.717, 1.165) is 17.2 Å². The molecule has 0 saturated heterocycles. The molecular weight excluding hydrogens is 343 g/mol. The first-order valence-corrected chi connectivity index (χ1v) is 8.68. The van der Waals surface area contributed by atoms with Gasteiger partial charge in [-0.1, -0.05) is 24.3 Å². The number of fused-ring (bicyclic) bond motifs is 1. The summed E-state index contributed by atoms with van der Waals surface area (Å²) in [5.74, 6) is 0.132. The molecule has 0 saturated carbocycles. The van der Waals surface area contributed by atoms with Crippen molar-refractivity contribution in [1.82, 2.24) is 0 Å². The number of hydrogen-bond donors (Lipinski definition) is 2. The average molecular weight is 357 g/mol. The van der Waals surface area contributed by atoms with Crippen LogP contribution in [0.4, 0.5) is 18.9 Å². The highest BCUT2D eigenvalue weighted by atomic mass is 32.2. The predicted molar refractivity (Wildman–Crippen MR) is 82.5 cm³/mol. The standard InChI is InChI=1S/C16H14F3NO3S/c17-16(18,19)24(22,23)15-7-2-1-5-13(15)20-12-9-8-11-10(12)4-3-6-14(11)21/h1-7,12,20-21H,8-9H2/t12-/m0/s1. The van der Waals surface area contributed by atoms with Gasteiger partial charge in [0.15, 0.2) is 0 Å². The molecule has 0 spiro atoms. The monoisotopic (exact) mass is 357 g/mol. The third-order valence-corrected chi connectivity index (χ3v) is 5.60. The van der Waals surface area contributed by atoms with Crippen molar-refractivity contribution in [3.8, 4) is 5.75 Å². The maximum absolute atomic E-state index is 12.9. The Morgan fingerprint density at radius 3 is 2.50 bits per heavy atom. The number of alkyl halides is 3. The maximum Gasteiger partial charge on any atom is 0.501 e. The molecule has 0 radical (unpaired) electrons. The molecule has 8 heteroatoms. The second-order valence-electron chi connectivity index (χ2n) is 5.53. The minimum absolute atomic E-state index is 0.101. The zero-order valence-electron chi connectivity index (χ0n) is 12.3. The van der Waals surface area contributed by atoms with Gasteiger partial charge in [0.1, 0.15) is 5.75 Å². The summed E-state index contributed by atoms with van der Waals surface area (Å²) in [6.07, 6.45) is 1.11. The van der Waals surface area contributed by atoms with Gasteiger partial charge >= 0.3 is 5.51 Å². The molecule has 0 bridgehead atoms.